The van der Waals surface area contributed by atoms with Crippen LogP contribution < -0.4 is 5.32 Å². The molecular weight excluding hydrogens is 334 g/mol. The Morgan fingerprint density at radius 2 is 1.65 bits per heavy atom. The van der Waals surface area contributed by atoms with Gasteiger partial charge in [-0.15, -0.1) is 0 Å². The minimum absolute atomic E-state index is 0.370. The number of ether oxygens (including phenoxy) is 4. The molecule has 0 saturated carbocycles. The van der Waals surface area contributed by atoms with Crippen molar-refractivity contribution in [1.29, 1.82) is 0 Å². The molecule has 0 aromatic rings. The van der Waals surface area contributed by atoms with Crippen molar-refractivity contribution in [2.75, 3.05) is 66.8 Å². The van der Waals surface area contributed by atoms with E-state index < -0.39 is 0 Å². The van der Waals surface area contributed by atoms with Crippen molar-refractivity contribution in [3.8, 4) is 0 Å². The predicted octanol–water partition coefficient (Wildman–Crippen LogP) is 1.67. The zero-order valence-corrected chi connectivity index (χ0v) is 16.6. The van der Waals surface area contributed by atoms with E-state index in [1.165, 1.54) is 0 Å². The van der Waals surface area contributed by atoms with Crippen molar-refractivity contribution in [3.05, 3.63) is 0 Å². The molecule has 2 saturated heterocycles. The second-order valence-electron chi connectivity index (χ2n) is 6.91. The first-order valence-corrected chi connectivity index (χ1v) is 10.1. The van der Waals surface area contributed by atoms with Gasteiger partial charge in [-0.1, -0.05) is 0 Å². The standard InChI is InChI=1S/C19H37N3O4/c1-20-19(21-9-3-13-25-18-7-15-24-16-8-18)22-10-5-17(6-11-22)26-14-4-12-23-2/h17-18H,3-16H2,1-2H3,(H,20,21). The van der Waals surface area contributed by atoms with E-state index in [4.69, 9.17) is 18.9 Å². The molecule has 0 radical (unpaired) electrons. The van der Waals surface area contributed by atoms with Gasteiger partial charge in [-0.3, -0.25) is 4.99 Å². The first-order chi connectivity index (χ1) is 12.8. The van der Waals surface area contributed by atoms with Crippen molar-refractivity contribution in [2.45, 2.75) is 50.7 Å². The van der Waals surface area contributed by atoms with Crippen molar-refractivity contribution in [1.82, 2.24) is 10.2 Å². The van der Waals surface area contributed by atoms with Crippen molar-refractivity contribution >= 4 is 5.96 Å². The van der Waals surface area contributed by atoms with E-state index in [0.29, 0.717) is 12.2 Å². The second-order valence-corrected chi connectivity index (χ2v) is 6.91. The van der Waals surface area contributed by atoms with Gasteiger partial charge >= 0.3 is 0 Å². The lowest BCUT2D eigenvalue weighted by Gasteiger charge is -2.34. The summed E-state index contributed by atoms with van der Waals surface area (Å²) in [5.74, 6) is 0.994. The van der Waals surface area contributed by atoms with Gasteiger partial charge in [-0.25, -0.2) is 0 Å². The van der Waals surface area contributed by atoms with E-state index in [9.17, 15) is 0 Å². The Balaban J connectivity index is 1.53. The van der Waals surface area contributed by atoms with Gasteiger partial charge in [0.1, 0.15) is 0 Å². The third-order valence-electron chi connectivity index (χ3n) is 4.93. The fourth-order valence-corrected chi connectivity index (χ4v) is 3.38. The Morgan fingerprint density at radius 1 is 1.00 bits per heavy atom. The van der Waals surface area contributed by atoms with Crippen LogP contribution in [0.15, 0.2) is 4.99 Å². The predicted molar refractivity (Wildman–Crippen MR) is 103 cm³/mol. The van der Waals surface area contributed by atoms with Gasteiger partial charge in [0.25, 0.3) is 0 Å². The first kappa shape index (κ1) is 21.4. The molecule has 7 nitrogen and oxygen atoms in total. The van der Waals surface area contributed by atoms with E-state index >= 15 is 0 Å². The summed E-state index contributed by atoms with van der Waals surface area (Å²) < 4.78 is 22.2. The minimum atomic E-state index is 0.370. The number of likely N-dealkylation sites (tertiary alicyclic amines) is 1. The van der Waals surface area contributed by atoms with Gasteiger partial charge in [-0.05, 0) is 38.5 Å². The van der Waals surface area contributed by atoms with Gasteiger partial charge in [0, 0.05) is 66.8 Å². The summed E-state index contributed by atoms with van der Waals surface area (Å²) in [5.41, 5.74) is 0. The number of nitrogens with one attached hydrogen (secondary N) is 1. The van der Waals surface area contributed by atoms with Crippen LogP contribution in [0.4, 0.5) is 0 Å². The van der Waals surface area contributed by atoms with Crippen molar-refractivity contribution in [3.63, 3.8) is 0 Å². The Hall–Kier alpha value is -0.890. The molecular formula is C19H37N3O4. The van der Waals surface area contributed by atoms with E-state index in [2.05, 4.69) is 15.2 Å². The third-order valence-corrected chi connectivity index (χ3v) is 4.93. The molecule has 0 unspecified atom stereocenters. The molecule has 26 heavy (non-hydrogen) atoms. The van der Waals surface area contributed by atoms with Crippen molar-refractivity contribution < 1.29 is 18.9 Å². The molecule has 0 aromatic carbocycles. The number of nitrogens with zero attached hydrogens (tertiary/aromatic N) is 2. The van der Waals surface area contributed by atoms with Crippen LogP contribution in [0.2, 0.25) is 0 Å². The number of aliphatic imine (C=N–C) groups is 1. The van der Waals surface area contributed by atoms with Crippen LogP contribution in [-0.4, -0.2) is 89.9 Å². The molecule has 7 heteroatoms. The Labute approximate surface area is 158 Å². The first-order valence-electron chi connectivity index (χ1n) is 10.1. The molecule has 152 valence electrons. The number of hydrogen-bond donors (Lipinski definition) is 1. The topological polar surface area (TPSA) is 64.6 Å². The lowest BCUT2D eigenvalue weighted by molar-refractivity contribution is -0.0320. The fourth-order valence-electron chi connectivity index (χ4n) is 3.38. The zero-order valence-electron chi connectivity index (χ0n) is 16.6. The van der Waals surface area contributed by atoms with Crippen LogP contribution >= 0.6 is 0 Å². The number of rotatable bonds is 10. The molecule has 2 heterocycles. The lowest BCUT2D eigenvalue weighted by atomic mass is 10.1. The normalized spacial score (nSPS) is 20.5. The highest BCUT2D eigenvalue weighted by atomic mass is 16.5. The number of guanidine groups is 1. The molecule has 2 fully saturated rings. The van der Waals surface area contributed by atoms with Gasteiger partial charge in [-0.2, -0.15) is 0 Å². The largest absolute Gasteiger partial charge is 0.385 e. The highest BCUT2D eigenvalue weighted by molar-refractivity contribution is 5.79. The number of methoxy groups -OCH3 is 1. The average molecular weight is 372 g/mol. The smallest absolute Gasteiger partial charge is 0.193 e. The minimum Gasteiger partial charge on any atom is -0.385 e. The molecule has 0 atom stereocenters. The molecule has 0 spiro atoms. The molecule has 0 amide bonds. The van der Waals surface area contributed by atoms with Crippen LogP contribution in [0, 0.1) is 0 Å². The monoisotopic (exact) mass is 371 g/mol. The van der Waals surface area contributed by atoms with Gasteiger partial charge in [0.2, 0.25) is 0 Å². The molecule has 0 aliphatic carbocycles. The Morgan fingerprint density at radius 3 is 2.31 bits per heavy atom. The summed E-state index contributed by atoms with van der Waals surface area (Å²) in [4.78, 5) is 6.76. The maximum Gasteiger partial charge on any atom is 0.193 e. The van der Waals surface area contributed by atoms with Crippen molar-refractivity contribution in [2.24, 2.45) is 4.99 Å². The van der Waals surface area contributed by atoms with Gasteiger partial charge in [0.15, 0.2) is 5.96 Å². The average Bonchev–Trinajstić information content (AvgIpc) is 2.69. The summed E-state index contributed by atoms with van der Waals surface area (Å²) in [6.07, 6.45) is 6.88. The number of piperidine rings is 1. The third kappa shape index (κ3) is 8.20. The molecule has 0 aromatic heterocycles. The molecule has 2 aliphatic heterocycles. The summed E-state index contributed by atoms with van der Waals surface area (Å²) in [5, 5.41) is 3.47. The zero-order chi connectivity index (χ0) is 18.5. The van der Waals surface area contributed by atoms with Crippen LogP contribution in [0.25, 0.3) is 0 Å². The quantitative estimate of drug-likeness (QED) is 0.358. The Bertz CT molecular complexity index is 381. The second kappa shape index (κ2) is 13.3. The maximum atomic E-state index is 5.93. The Kier molecular flexibility index (Phi) is 11.0. The van der Waals surface area contributed by atoms with E-state index in [1.807, 2.05) is 7.05 Å². The highest BCUT2D eigenvalue weighted by Crippen LogP contribution is 2.14. The molecule has 2 aliphatic rings. The SMILES string of the molecule is CN=C(NCCCOC1CCOCC1)N1CCC(OCCCOC)CC1. The van der Waals surface area contributed by atoms with Crippen LogP contribution in [-0.2, 0) is 18.9 Å². The molecule has 1 N–H and O–H groups in total. The summed E-state index contributed by atoms with van der Waals surface area (Å²) in [6.45, 7) is 6.91. The van der Waals surface area contributed by atoms with E-state index in [1.54, 1.807) is 7.11 Å². The van der Waals surface area contributed by atoms with Crippen LogP contribution in [0.3, 0.4) is 0 Å². The summed E-state index contributed by atoms with van der Waals surface area (Å²) in [7, 11) is 3.59. The van der Waals surface area contributed by atoms with Gasteiger partial charge < -0.3 is 29.2 Å². The van der Waals surface area contributed by atoms with Crippen LogP contribution in [0.1, 0.15) is 38.5 Å². The highest BCUT2D eigenvalue weighted by Gasteiger charge is 2.21. The maximum absolute atomic E-state index is 5.93. The summed E-state index contributed by atoms with van der Waals surface area (Å²) >= 11 is 0. The lowest BCUT2D eigenvalue weighted by Crippen LogP contribution is -2.47. The fraction of sp³-hybridized carbons (Fsp3) is 0.947. The van der Waals surface area contributed by atoms with E-state index in [-0.39, 0.29) is 0 Å². The molecule has 2 rings (SSSR count). The van der Waals surface area contributed by atoms with Gasteiger partial charge in [0.05, 0.1) is 12.2 Å². The van der Waals surface area contributed by atoms with E-state index in [0.717, 1.165) is 97.2 Å². The molecule has 0 bridgehead atoms. The number of hydrogen-bond acceptors (Lipinski definition) is 5. The van der Waals surface area contributed by atoms with Crippen LogP contribution in [0.5, 0.6) is 0 Å². The summed E-state index contributed by atoms with van der Waals surface area (Å²) in [6, 6.07) is 0.